The zero-order valence-corrected chi connectivity index (χ0v) is 27.0. The fourth-order valence-electron chi connectivity index (χ4n) is 7.17. The van der Waals surface area contributed by atoms with E-state index in [1.165, 1.54) is 6.07 Å². The van der Waals surface area contributed by atoms with E-state index >= 15 is 0 Å². The lowest BCUT2D eigenvalue weighted by molar-refractivity contribution is -0.143. The maximum absolute atomic E-state index is 13.9. The van der Waals surface area contributed by atoms with Crippen LogP contribution in [-0.2, 0) is 28.6 Å². The highest BCUT2D eigenvalue weighted by Crippen LogP contribution is 2.38. The average molecular weight is 662 g/mol. The van der Waals surface area contributed by atoms with Crippen molar-refractivity contribution in [2.75, 3.05) is 43.8 Å². The minimum Gasteiger partial charge on any atom is -0.397 e. The molecule has 12 heteroatoms. The zero-order valence-electron chi connectivity index (χ0n) is 26.3. The molecular weight excluding hydrogens is 619 g/mol. The fraction of sp³-hybridized carbons (Fsp3) is 0.559. The highest BCUT2D eigenvalue weighted by Gasteiger charge is 2.37. The number of anilines is 2. The minimum atomic E-state index is -4.71. The highest BCUT2D eigenvalue weighted by molar-refractivity contribution is 6.33. The lowest BCUT2D eigenvalue weighted by atomic mass is 9.89. The number of hydrogen-bond acceptors (Lipinski definition) is 4. The van der Waals surface area contributed by atoms with Crippen LogP contribution in [0, 0.1) is 11.8 Å². The second-order valence-corrected chi connectivity index (χ2v) is 13.2. The Balaban J connectivity index is 1.26. The summed E-state index contributed by atoms with van der Waals surface area (Å²) in [6.45, 7) is 4.70. The van der Waals surface area contributed by atoms with Gasteiger partial charge in [-0.2, -0.15) is 13.2 Å². The summed E-state index contributed by atoms with van der Waals surface area (Å²) in [6, 6.07) is 9.87. The quantitative estimate of drug-likeness (QED) is 0.311. The number of likely N-dealkylation sites (tertiary alicyclic amines) is 2. The molecule has 3 aliphatic heterocycles. The predicted octanol–water partition coefficient (Wildman–Crippen LogP) is 6.61. The molecule has 5 rings (SSSR count). The lowest BCUT2D eigenvalue weighted by Gasteiger charge is -2.38. The summed E-state index contributed by atoms with van der Waals surface area (Å²) in [5.74, 6) is -0.742. The summed E-state index contributed by atoms with van der Waals surface area (Å²) >= 11 is 6.11. The van der Waals surface area contributed by atoms with Crippen molar-refractivity contribution in [1.82, 2.24) is 14.7 Å². The lowest BCUT2D eigenvalue weighted by Crippen LogP contribution is -2.50. The van der Waals surface area contributed by atoms with E-state index in [9.17, 15) is 27.6 Å². The van der Waals surface area contributed by atoms with Gasteiger partial charge in [-0.25, -0.2) is 4.79 Å². The third kappa shape index (κ3) is 7.90. The van der Waals surface area contributed by atoms with Crippen LogP contribution >= 0.6 is 11.6 Å². The Labute approximate surface area is 273 Å². The monoisotopic (exact) mass is 661 g/mol. The molecule has 0 aromatic heterocycles. The standard InChI is InChI=1S/C34H43ClF3N5O3/c1-2-5-22-8-13-42(14-9-22)32(45)25(18-23-19-27(34(36,37)38)31(39)28(35)20-23)21-30(44)41-15-11-26(12-16-41)43-17-10-24-6-3-4-7-29(24)40-33(43)46/h3-4,6-7,19-20,22,25-26H,2,5,8-18,21,39H2,1H3,(H,40,46). The number of benzene rings is 2. The van der Waals surface area contributed by atoms with Gasteiger partial charge in [-0.1, -0.05) is 49.6 Å². The van der Waals surface area contributed by atoms with Crippen LogP contribution in [0.3, 0.4) is 0 Å². The molecule has 1 unspecified atom stereocenters. The number of urea groups is 1. The van der Waals surface area contributed by atoms with Crippen LogP contribution in [0.5, 0.6) is 0 Å². The van der Waals surface area contributed by atoms with E-state index in [1.807, 2.05) is 29.2 Å². The van der Waals surface area contributed by atoms with Crippen LogP contribution < -0.4 is 11.1 Å². The van der Waals surface area contributed by atoms with Crippen molar-refractivity contribution in [2.45, 2.75) is 76.9 Å². The molecule has 1 atom stereocenters. The molecule has 0 saturated carbocycles. The van der Waals surface area contributed by atoms with Crippen molar-refractivity contribution in [3.8, 4) is 0 Å². The summed E-state index contributed by atoms with van der Waals surface area (Å²) in [6.07, 6.45) is 0.940. The number of nitrogens with two attached hydrogens (primary N) is 1. The van der Waals surface area contributed by atoms with Gasteiger partial charge in [-0.3, -0.25) is 9.59 Å². The molecule has 0 spiro atoms. The molecule has 0 radical (unpaired) electrons. The fourth-order valence-corrected chi connectivity index (χ4v) is 7.41. The SMILES string of the molecule is CCCC1CCN(C(=O)C(CC(=O)N2CCC(N3CCc4ccccc4NC3=O)CC2)Cc2cc(Cl)c(N)c(C(F)(F)F)c2)CC1. The molecule has 2 aromatic rings. The van der Waals surface area contributed by atoms with E-state index < -0.39 is 23.3 Å². The Morgan fingerprint density at radius 2 is 1.70 bits per heavy atom. The molecule has 2 fully saturated rings. The molecule has 3 aliphatic rings. The van der Waals surface area contributed by atoms with Crippen molar-refractivity contribution in [3.63, 3.8) is 0 Å². The molecule has 4 amide bonds. The van der Waals surface area contributed by atoms with Gasteiger partial charge in [-0.05, 0) is 73.8 Å². The van der Waals surface area contributed by atoms with Crippen molar-refractivity contribution in [2.24, 2.45) is 11.8 Å². The first-order chi connectivity index (χ1) is 21.9. The third-order valence-corrected chi connectivity index (χ3v) is 10.1. The van der Waals surface area contributed by atoms with Crippen molar-refractivity contribution in [1.29, 1.82) is 0 Å². The van der Waals surface area contributed by atoms with Gasteiger partial charge < -0.3 is 25.8 Å². The number of carbonyl (C=O) groups is 3. The number of fused-ring (bicyclic) bond motifs is 1. The summed E-state index contributed by atoms with van der Waals surface area (Å²) in [4.78, 5) is 45.9. The minimum absolute atomic E-state index is 0.0297. The van der Waals surface area contributed by atoms with E-state index in [4.69, 9.17) is 17.3 Å². The van der Waals surface area contributed by atoms with Crippen LogP contribution in [-0.4, -0.2) is 71.3 Å². The number of carbonyl (C=O) groups excluding carboxylic acids is 3. The summed E-state index contributed by atoms with van der Waals surface area (Å²) in [5, 5.41) is 2.77. The largest absolute Gasteiger partial charge is 0.418 e. The van der Waals surface area contributed by atoms with E-state index in [-0.39, 0.29) is 47.3 Å². The van der Waals surface area contributed by atoms with Crippen LogP contribution in [0.2, 0.25) is 5.02 Å². The average Bonchev–Trinajstić information content (AvgIpc) is 3.20. The Hall–Kier alpha value is -3.47. The predicted molar refractivity (Wildman–Crippen MR) is 172 cm³/mol. The molecule has 8 nitrogen and oxygen atoms in total. The number of piperidine rings is 2. The van der Waals surface area contributed by atoms with Crippen molar-refractivity contribution in [3.05, 3.63) is 58.1 Å². The first kappa shape index (κ1) is 33.9. The summed E-state index contributed by atoms with van der Waals surface area (Å²) in [5.41, 5.74) is 6.16. The Bertz CT molecular complexity index is 1420. The first-order valence-electron chi connectivity index (χ1n) is 16.3. The van der Waals surface area contributed by atoms with Crippen molar-refractivity contribution < 1.29 is 27.6 Å². The number of nitrogens with one attached hydrogen (secondary N) is 1. The van der Waals surface area contributed by atoms with Gasteiger partial charge >= 0.3 is 12.2 Å². The first-order valence-corrected chi connectivity index (χ1v) is 16.7. The van der Waals surface area contributed by atoms with Gasteiger partial charge in [0.05, 0.1) is 22.2 Å². The smallest absolute Gasteiger partial charge is 0.397 e. The maximum atomic E-state index is 13.9. The van der Waals surface area contributed by atoms with Gasteiger partial charge in [-0.15, -0.1) is 0 Å². The number of nitrogens with zero attached hydrogens (tertiary/aromatic N) is 3. The Kier molecular flexibility index (Phi) is 10.7. The summed E-state index contributed by atoms with van der Waals surface area (Å²) in [7, 11) is 0. The van der Waals surface area contributed by atoms with Gasteiger partial charge in [0.15, 0.2) is 0 Å². The Morgan fingerprint density at radius 1 is 1.02 bits per heavy atom. The van der Waals surface area contributed by atoms with Crippen LogP contribution in [0.15, 0.2) is 36.4 Å². The third-order valence-electron chi connectivity index (χ3n) is 9.77. The van der Waals surface area contributed by atoms with Crippen LogP contribution in [0.4, 0.5) is 29.3 Å². The van der Waals surface area contributed by atoms with E-state index in [1.54, 1.807) is 9.80 Å². The second-order valence-electron chi connectivity index (χ2n) is 12.8. The number of rotatable bonds is 8. The summed E-state index contributed by atoms with van der Waals surface area (Å²) < 4.78 is 41.2. The number of halogens is 4. The second kappa shape index (κ2) is 14.5. The molecule has 3 heterocycles. The maximum Gasteiger partial charge on any atom is 0.418 e. The normalized spacial score (nSPS) is 19.0. The van der Waals surface area contributed by atoms with E-state index in [0.717, 1.165) is 49.4 Å². The van der Waals surface area contributed by atoms with Gasteiger partial charge in [0, 0.05) is 50.9 Å². The zero-order chi connectivity index (χ0) is 33.0. The number of amides is 4. The molecule has 2 saturated heterocycles. The van der Waals surface area contributed by atoms with Crippen LogP contribution in [0.1, 0.15) is 68.6 Å². The van der Waals surface area contributed by atoms with Crippen molar-refractivity contribution >= 4 is 40.8 Å². The molecule has 0 bridgehead atoms. The number of nitrogen functional groups attached to an aromatic ring is 1. The molecule has 2 aromatic carbocycles. The number of para-hydroxylation sites is 1. The number of alkyl halides is 3. The highest BCUT2D eigenvalue weighted by atomic mass is 35.5. The molecule has 250 valence electrons. The van der Waals surface area contributed by atoms with Gasteiger partial charge in [0.25, 0.3) is 0 Å². The Morgan fingerprint density at radius 3 is 2.37 bits per heavy atom. The topological polar surface area (TPSA) is 99.0 Å². The molecule has 3 N–H and O–H groups in total. The molecular formula is C34H43ClF3N5O3. The van der Waals surface area contributed by atoms with E-state index in [0.29, 0.717) is 51.5 Å². The number of hydrogen-bond donors (Lipinski definition) is 2. The van der Waals surface area contributed by atoms with Crippen LogP contribution in [0.25, 0.3) is 0 Å². The van der Waals surface area contributed by atoms with Gasteiger partial charge in [0.1, 0.15) is 0 Å². The van der Waals surface area contributed by atoms with E-state index in [2.05, 4.69) is 12.2 Å². The van der Waals surface area contributed by atoms with Gasteiger partial charge in [0.2, 0.25) is 11.8 Å². The molecule has 46 heavy (non-hydrogen) atoms. The molecule has 0 aliphatic carbocycles.